The third-order valence-electron chi connectivity index (χ3n) is 5.84. The summed E-state index contributed by atoms with van der Waals surface area (Å²) in [5.41, 5.74) is 1.74. The smallest absolute Gasteiger partial charge is 0.248 e. The van der Waals surface area contributed by atoms with Crippen LogP contribution in [0.2, 0.25) is 0 Å². The highest BCUT2D eigenvalue weighted by Gasteiger charge is 2.38. The fourth-order valence-electron chi connectivity index (χ4n) is 4.21. The predicted octanol–water partition coefficient (Wildman–Crippen LogP) is 4.85. The van der Waals surface area contributed by atoms with E-state index in [1.807, 2.05) is 38.1 Å². The maximum Gasteiger partial charge on any atom is 0.248 e. The second-order valence-corrected chi connectivity index (χ2v) is 7.94. The van der Waals surface area contributed by atoms with Crippen LogP contribution in [0.4, 0.5) is 4.39 Å². The van der Waals surface area contributed by atoms with E-state index in [1.54, 1.807) is 13.2 Å². The number of ether oxygens (including phenoxy) is 3. The summed E-state index contributed by atoms with van der Waals surface area (Å²) in [5, 5.41) is 0.914. The van der Waals surface area contributed by atoms with Crippen LogP contribution >= 0.6 is 0 Å². The number of pyridine rings is 1. The first-order chi connectivity index (χ1) is 14.4. The van der Waals surface area contributed by atoms with Gasteiger partial charge in [-0.2, -0.15) is 0 Å². The number of aromatic amines is 1. The van der Waals surface area contributed by atoms with Crippen LogP contribution in [0.1, 0.15) is 43.9 Å². The van der Waals surface area contributed by atoms with Gasteiger partial charge in [0.2, 0.25) is 5.56 Å². The van der Waals surface area contributed by atoms with Crippen LogP contribution in [0.25, 0.3) is 10.9 Å². The molecule has 1 unspecified atom stereocenters. The summed E-state index contributed by atoms with van der Waals surface area (Å²) < 4.78 is 32.1. The quantitative estimate of drug-likeness (QED) is 0.652. The lowest BCUT2D eigenvalue weighted by Crippen LogP contribution is -2.39. The Morgan fingerprint density at radius 2 is 2.03 bits per heavy atom. The Morgan fingerprint density at radius 3 is 2.80 bits per heavy atom. The fraction of sp³-hybridized carbons (Fsp3) is 0.375. The number of hydrogen-bond donors (Lipinski definition) is 1. The average molecular weight is 411 g/mol. The lowest BCUT2D eigenvalue weighted by Gasteiger charge is -2.39. The van der Waals surface area contributed by atoms with Gasteiger partial charge in [0.25, 0.3) is 0 Å². The van der Waals surface area contributed by atoms with Crippen molar-refractivity contribution < 1.29 is 18.6 Å². The van der Waals surface area contributed by atoms with Gasteiger partial charge in [-0.1, -0.05) is 6.07 Å². The lowest BCUT2D eigenvalue weighted by molar-refractivity contribution is -0.122. The first kappa shape index (κ1) is 20.6. The summed E-state index contributed by atoms with van der Waals surface area (Å²) in [7, 11) is 1.66. The Kier molecular flexibility index (Phi) is 5.62. The van der Waals surface area contributed by atoms with Crippen molar-refractivity contribution in [3.63, 3.8) is 0 Å². The van der Waals surface area contributed by atoms with E-state index < -0.39 is 5.60 Å². The molecule has 2 aromatic carbocycles. The first-order valence-electron chi connectivity index (χ1n) is 10.2. The minimum atomic E-state index is -0.587. The molecule has 158 valence electrons. The zero-order valence-electron chi connectivity index (χ0n) is 17.4. The predicted molar refractivity (Wildman–Crippen MR) is 113 cm³/mol. The molecular formula is C24H26FNO4. The largest absolute Gasteiger partial charge is 0.486 e. The summed E-state index contributed by atoms with van der Waals surface area (Å²) in [4.78, 5) is 14.3. The number of H-pyrrole nitrogens is 1. The van der Waals surface area contributed by atoms with Gasteiger partial charge in [0.05, 0.1) is 18.3 Å². The van der Waals surface area contributed by atoms with E-state index in [-0.39, 0.29) is 23.6 Å². The zero-order valence-corrected chi connectivity index (χ0v) is 17.4. The SMILES string of the molecule is CO[C@]1(c2cc(F)cc(OC(C)c3ccc4[nH]c(=O)ccc4c3)c2)CCO[C@@H](C)C1. The van der Waals surface area contributed by atoms with Gasteiger partial charge >= 0.3 is 0 Å². The van der Waals surface area contributed by atoms with E-state index in [0.29, 0.717) is 25.2 Å². The molecular weight excluding hydrogens is 385 g/mol. The fourth-order valence-corrected chi connectivity index (χ4v) is 4.21. The maximum absolute atomic E-state index is 14.5. The number of methoxy groups -OCH3 is 1. The second kappa shape index (κ2) is 8.20. The Balaban J connectivity index is 1.61. The van der Waals surface area contributed by atoms with Crippen LogP contribution in [0.5, 0.6) is 5.75 Å². The molecule has 4 rings (SSSR count). The van der Waals surface area contributed by atoms with Crippen molar-refractivity contribution in [1.82, 2.24) is 4.98 Å². The molecule has 3 atom stereocenters. The van der Waals surface area contributed by atoms with E-state index in [4.69, 9.17) is 14.2 Å². The number of aromatic nitrogens is 1. The zero-order chi connectivity index (χ0) is 21.3. The molecule has 1 fully saturated rings. The third-order valence-corrected chi connectivity index (χ3v) is 5.84. The van der Waals surface area contributed by atoms with Crippen LogP contribution in [-0.2, 0) is 15.1 Å². The molecule has 30 heavy (non-hydrogen) atoms. The summed E-state index contributed by atoms with van der Waals surface area (Å²) in [6.45, 7) is 4.48. The molecule has 1 aliphatic heterocycles. The number of rotatable bonds is 5. The van der Waals surface area contributed by atoms with Crippen molar-refractivity contribution in [3.8, 4) is 5.75 Å². The van der Waals surface area contributed by atoms with Gasteiger partial charge in [-0.15, -0.1) is 0 Å². The lowest BCUT2D eigenvalue weighted by atomic mass is 9.83. The summed E-state index contributed by atoms with van der Waals surface area (Å²) in [5.74, 6) is 0.0935. The van der Waals surface area contributed by atoms with Gasteiger partial charge in [-0.25, -0.2) is 4.39 Å². The molecule has 0 spiro atoms. The summed E-state index contributed by atoms with van der Waals surface area (Å²) in [6, 6.07) is 13.8. The van der Waals surface area contributed by atoms with Gasteiger partial charge in [0.15, 0.2) is 0 Å². The van der Waals surface area contributed by atoms with Crippen molar-refractivity contribution in [2.24, 2.45) is 0 Å². The minimum Gasteiger partial charge on any atom is -0.486 e. The van der Waals surface area contributed by atoms with E-state index in [2.05, 4.69) is 4.98 Å². The number of halogens is 1. The molecule has 1 N–H and O–H groups in total. The molecule has 0 radical (unpaired) electrons. The van der Waals surface area contributed by atoms with Gasteiger partial charge in [-0.05, 0) is 60.7 Å². The second-order valence-electron chi connectivity index (χ2n) is 7.94. The Bertz CT molecular complexity index is 1110. The Labute approximate surface area is 174 Å². The van der Waals surface area contributed by atoms with Crippen LogP contribution in [0.15, 0.2) is 53.3 Å². The van der Waals surface area contributed by atoms with Crippen LogP contribution in [0, 0.1) is 5.82 Å². The van der Waals surface area contributed by atoms with Crippen molar-refractivity contribution in [1.29, 1.82) is 0 Å². The molecule has 2 heterocycles. The highest BCUT2D eigenvalue weighted by molar-refractivity contribution is 5.79. The Morgan fingerprint density at radius 1 is 1.20 bits per heavy atom. The highest BCUT2D eigenvalue weighted by atomic mass is 19.1. The number of benzene rings is 2. The molecule has 1 aromatic heterocycles. The molecule has 0 bridgehead atoms. The number of nitrogens with one attached hydrogen (secondary N) is 1. The highest BCUT2D eigenvalue weighted by Crippen LogP contribution is 2.40. The molecule has 3 aromatic rings. The van der Waals surface area contributed by atoms with Gasteiger partial charge in [0.1, 0.15) is 17.7 Å². The Hall–Kier alpha value is -2.70. The topological polar surface area (TPSA) is 60.5 Å². The number of hydrogen-bond acceptors (Lipinski definition) is 4. The molecule has 0 aliphatic carbocycles. The van der Waals surface area contributed by atoms with Gasteiger partial charge in [0, 0.05) is 37.6 Å². The maximum atomic E-state index is 14.5. The molecule has 6 heteroatoms. The van der Waals surface area contributed by atoms with E-state index in [0.717, 1.165) is 22.0 Å². The summed E-state index contributed by atoms with van der Waals surface area (Å²) in [6.07, 6.45) is 1.05. The van der Waals surface area contributed by atoms with Crippen molar-refractivity contribution >= 4 is 10.9 Å². The first-order valence-corrected chi connectivity index (χ1v) is 10.2. The standard InChI is InChI=1S/C24H26FNO4/c1-15-14-24(28-3,8-9-29-15)19-11-20(25)13-21(12-19)30-16(2)17-4-6-22-18(10-17)5-7-23(27)26-22/h4-7,10-13,15-16H,8-9,14H2,1-3H3,(H,26,27)/t15-,16?,24+/m0/s1. The van der Waals surface area contributed by atoms with E-state index in [9.17, 15) is 9.18 Å². The van der Waals surface area contributed by atoms with Crippen molar-refractivity contribution in [2.75, 3.05) is 13.7 Å². The van der Waals surface area contributed by atoms with Gasteiger partial charge in [-0.3, -0.25) is 4.79 Å². The summed E-state index contributed by atoms with van der Waals surface area (Å²) >= 11 is 0. The molecule has 0 saturated carbocycles. The van der Waals surface area contributed by atoms with E-state index in [1.165, 1.54) is 18.2 Å². The minimum absolute atomic E-state index is 0.0364. The molecule has 0 amide bonds. The number of fused-ring (bicyclic) bond motifs is 1. The monoisotopic (exact) mass is 411 g/mol. The van der Waals surface area contributed by atoms with Crippen molar-refractivity contribution in [3.05, 3.63) is 75.8 Å². The van der Waals surface area contributed by atoms with Crippen LogP contribution in [0.3, 0.4) is 0 Å². The van der Waals surface area contributed by atoms with Crippen LogP contribution in [-0.4, -0.2) is 24.8 Å². The van der Waals surface area contributed by atoms with Crippen molar-refractivity contribution in [2.45, 2.75) is 44.5 Å². The molecule has 1 saturated heterocycles. The van der Waals surface area contributed by atoms with E-state index >= 15 is 0 Å². The van der Waals surface area contributed by atoms with Crippen LogP contribution < -0.4 is 10.3 Å². The molecule has 5 nitrogen and oxygen atoms in total. The molecule has 1 aliphatic rings. The van der Waals surface area contributed by atoms with Gasteiger partial charge < -0.3 is 19.2 Å². The average Bonchev–Trinajstić information content (AvgIpc) is 2.72. The normalized spacial score (nSPS) is 22.7. The third kappa shape index (κ3) is 4.11.